The van der Waals surface area contributed by atoms with E-state index in [1.807, 2.05) is 0 Å². The van der Waals surface area contributed by atoms with Gasteiger partial charge in [-0.25, -0.2) is 22.4 Å². The summed E-state index contributed by atoms with van der Waals surface area (Å²) in [4.78, 5) is 27.5. The maximum absolute atomic E-state index is 14.6. The first kappa shape index (κ1) is 23.3. The van der Waals surface area contributed by atoms with Gasteiger partial charge in [0.1, 0.15) is 40.8 Å². The molecule has 0 saturated carbocycles. The number of carbonyl (C=O) groups is 1. The minimum absolute atomic E-state index is 0.00721. The maximum Gasteiger partial charge on any atom is 0.404 e. The lowest BCUT2D eigenvalue weighted by atomic mass is 10.2. The van der Waals surface area contributed by atoms with Gasteiger partial charge in [-0.1, -0.05) is 0 Å². The van der Waals surface area contributed by atoms with Crippen LogP contribution in [0, 0.1) is 30.2 Å². The van der Waals surface area contributed by atoms with Crippen LogP contribution in [0.4, 0.5) is 22.4 Å². The predicted octanol–water partition coefficient (Wildman–Crippen LogP) is 4.03. The Morgan fingerprint density at radius 2 is 1.75 bits per heavy atom. The Balaban J connectivity index is 1.95. The number of aryl methyl sites for hydroxylation is 1. The van der Waals surface area contributed by atoms with E-state index in [-0.39, 0.29) is 33.9 Å². The van der Waals surface area contributed by atoms with Gasteiger partial charge in [-0.3, -0.25) is 9.36 Å². The highest BCUT2D eigenvalue weighted by atomic mass is 79.9. The van der Waals surface area contributed by atoms with Crippen molar-refractivity contribution in [3.05, 3.63) is 85.4 Å². The molecule has 1 amide bonds. The molecule has 32 heavy (non-hydrogen) atoms. The molecule has 2 N–H and O–H groups in total. The van der Waals surface area contributed by atoms with Gasteiger partial charge in [-0.05, 0) is 52.7 Å². The molecule has 0 aliphatic carbocycles. The summed E-state index contributed by atoms with van der Waals surface area (Å²) in [5.74, 6) is -4.23. The van der Waals surface area contributed by atoms with E-state index < -0.39 is 47.2 Å². The molecular formula is C20H14BrF4N3O4. The highest BCUT2D eigenvalue weighted by Gasteiger charge is 2.21. The normalized spacial score (nSPS) is 10.8. The van der Waals surface area contributed by atoms with Crippen molar-refractivity contribution in [1.29, 1.82) is 0 Å². The average molecular weight is 516 g/mol. The van der Waals surface area contributed by atoms with Crippen LogP contribution < -0.4 is 16.0 Å². The lowest BCUT2D eigenvalue weighted by Gasteiger charge is -2.15. The van der Waals surface area contributed by atoms with E-state index >= 15 is 0 Å². The fourth-order valence-corrected chi connectivity index (χ4v) is 3.18. The number of nitrogens with zero attached hydrogens (tertiary/aromatic N) is 2. The minimum atomic E-state index is -1.12. The third-order valence-electron chi connectivity index (χ3n) is 4.23. The van der Waals surface area contributed by atoms with Gasteiger partial charge in [-0.15, -0.1) is 0 Å². The second kappa shape index (κ2) is 9.39. The Morgan fingerprint density at radius 3 is 2.34 bits per heavy atom. The Labute approximate surface area is 186 Å². The van der Waals surface area contributed by atoms with E-state index in [9.17, 15) is 27.2 Å². The number of aromatic nitrogens is 2. The third kappa shape index (κ3) is 4.90. The summed E-state index contributed by atoms with van der Waals surface area (Å²) >= 11 is 2.98. The van der Waals surface area contributed by atoms with E-state index in [0.29, 0.717) is 10.6 Å². The predicted molar refractivity (Wildman–Crippen MR) is 107 cm³/mol. The Morgan fingerprint density at radius 1 is 1.09 bits per heavy atom. The summed E-state index contributed by atoms with van der Waals surface area (Å²) in [6.07, 6.45) is -1.12. The van der Waals surface area contributed by atoms with Crippen molar-refractivity contribution in [3.63, 3.8) is 0 Å². The number of halogens is 5. The first-order chi connectivity index (χ1) is 15.1. The second-order valence-electron chi connectivity index (χ2n) is 6.46. The molecule has 0 bridgehead atoms. The number of ether oxygens (including phenoxy) is 2. The number of nitrogens with two attached hydrogens (primary N) is 1. The summed E-state index contributed by atoms with van der Waals surface area (Å²) < 4.78 is 66.3. The Bertz CT molecular complexity index is 1240. The van der Waals surface area contributed by atoms with E-state index in [1.54, 1.807) is 0 Å². The molecule has 0 spiro atoms. The molecule has 12 heteroatoms. The van der Waals surface area contributed by atoms with Gasteiger partial charge in [0.15, 0.2) is 11.6 Å². The van der Waals surface area contributed by atoms with Gasteiger partial charge in [0.2, 0.25) is 5.88 Å². The maximum atomic E-state index is 14.6. The molecule has 3 aromatic rings. The number of primary amides is 1. The van der Waals surface area contributed by atoms with E-state index in [1.165, 1.54) is 13.0 Å². The first-order valence-corrected chi connectivity index (χ1v) is 9.64. The Kier molecular flexibility index (Phi) is 6.82. The number of rotatable bonds is 6. The van der Waals surface area contributed by atoms with Crippen LogP contribution in [-0.4, -0.2) is 15.6 Å². The van der Waals surface area contributed by atoms with Gasteiger partial charge in [0, 0.05) is 11.6 Å². The molecular weight excluding hydrogens is 502 g/mol. The molecule has 2 aromatic carbocycles. The highest BCUT2D eigenvalue weighted by molar-refractivity contribution is 9.10. The third-order valence-corrected chi connectivity index (χ3v) is 4.90. The topological polar surface area (TPSA) is 96.4 Å². The van der Waals surface area contributed by atoms with Gasteiger partial charge in [0.05, 0.1) is 0 Å². The monoisotopic (exact) mass is 515 g/mol. The summed E-state index contributed by atoms with van der Waals surface area (Å²) in [5, 5.41) is 0. The molecule has 0 aliphatic rings. The quantitative estimate of drug-likeness (QED) is 0.500. The highest BCUT2D eigenvalue weighted by Crippen LogP contribution is 2.25. The molecule has 7 nitrogen and oxygen atoms in total. The van der Waals surface area contributed by atoms with Crippen molar-refractivity contribution < 1.29 is 31.8 Å². The molecule has 1 heterocycles. The van der Waals surface area contributed by atoms with Crippen LogP contribution >= 0.6 is 15.9 Å². The molecule has 0 saturated heterocycles. The van der Waals surface area contributed by atoms with Gasteiger partial charge >= 0.3 is 6.09 Å². The van der Waals surface area contributed by atoms with Crippen LogP contribution in [0.5, 0.6) is 5.88 Å². The molecule has 1 aromatic heterocycles. The van der Waals surface area contributed by atoms with Crippen LogP contribution in [0.25, 0.3) is 5.69 Å². The minimum Gasteiger partial charge on any atom is -0.472 e. The van der Waals surface area contributed by atoms with Crippen molar-refractivity contribution in [2.75, 3.05) is 0 Å². The molecule has 0 aliphatic heterocycles. The van der Waals surface area contributed by atoms with E-state index in [0.717, 1.165) is 18.2 Å². The largest absolute Gasteiger partial charge is 0.472 e. The summed E-state index contributed by atoms with van der Waals surface area (Å²) in [5.41, 5.74) is 3.20. The van der Waals surface area contributed by atoms with Crippen LogP contribution in [-0.2, 0) is 18.0 Å². The van der Waals surface area contributed by atoms with Crippen molar-refractivity contribution in [1.82, 2.24) is 9.55 Å². The van der Waals surface area contributed by atoms with Crippen LogP contribution in [0.3, 0.4) is 0 Å². The zero-order valence-corrected chi connectivity index (χ0v) is 17.9. The van der Waals surface area contributed by atoms with Gasteiger partial charge in [-0.2, -0.15) is 4.98 Å². The number of hydrogen-bond donors (Lipinski definition) is 1. The second-order valence-corrected chi connectivity index (χ2v) is 7.25. The van der Waals surface area contributed by atoms with Crippen molar-refractivity contribution in [2.24, 2.45) is 5.73 Å². The summed E-state index contributed by atoms with van der Waals surface area (Å²) in [6, 6.07) is 4.64. The smallest absolute Gasteiger partial charge is 0.404 e. The van der Waals surface area contributed by atoms with E-state index in [4.69, 9.17) is 10.5 Å². The summed E-state index contributed by atoms with van der Waals surface area (Å²) in [6.45, 7) is 0.464. The molecule has 3 rings (SSSR count). The van der Waals surface area contributed by atoms with Gasteiger partial charge < -0.3 is 15.2 Å². The zero-order valence-electron chi connectivity index (χ0n) is 16.3. The average Bonchev–Trinajstić information content (AvgIpc) is 2.71. The first-order valence-electron chi connectivity index (χ1n) is 8.85. The summed E-state index contributed by atoms with van der Waals surface area (Å²) in [7, 11) is 0. The van der Waals surface area contributed by atoms with Gasteiger partial charge in [0.25, 0.3) is 5.56 Å². The standard InChI is InChI=1S/C20H14BrF4N3O4/c1-9-27-18(31-8-11-2-3-12(22)6-13(11)23)16(21)19(29)28(9)17-14(24)4-10(5-15(17)25)7-32-20(26)30/h2-6H,7-8H2,1H3,(H2,26,30). The van der Waals surface area contributed by atoms with Crippen LogP contribution in [0.15, 0.2) is 39.6 Å². The van der Waals surface area contributed by atoms with Crippen LogP contribution in [0.2, 0.25) is 0 Å². The van der Waals surface area contributed by atoms with Crippen molar-refractivity contribution in [3.8, 4) is 11.6 Å². The molecule has 0 radical (unpaired) electrons. The zero-order chi connectivity index (χ0) is 23.6. The SMILES string of the molecule is Cc1nc(OCc2ccc(F)cc2F)c(Br)c(=O)n1-c1c(F)cc(COC(N)=O)cc1F. The van der Waals surface area contributed by atoms with Crippen LogP contribution in [0.1, 0.15) is 17.0 Å². The number of hydrogen-bond acceptors (Lipinski definition) is 5. The molecule has 0 fully saturated rings. The van der Waals surface area contributed by atoms with E-state index in [2.05, 4.69) is 25.7 Å². The fourth-order valence-electron chi connectivity index (χ4n) is 2.80. The van der Waals surface area contributed by atoms with Crippen molar-refractivity contribution >= 4 is 22.0 Å². The number of carbonyl (C=O) groups excluding carboxylic acids is 1. The molecule has 168 valence electrons. The van der Waals surface area contributed by atoms with Crippen molar-refractivity contribution in [2.45, 2.75) is 20.1 Å². The number of amides is 1. The molecule has 0 atom stereocenters. The fraction of sp³-hybridized carbons (Fsp3) is 0.150. The number of benzene rings is 2. The molecule has 0 unspecified atom stereocenters. The lowest BCUT2D eigenvalue weighted by molar-refractivity contribution is 0.150. The lowest BCUT2D eigenvalue weighted by Crippen LogP contribution is -2.26. The Hall–Kier alpha value is -3.41.